The number of anilines is 2. The second-order valence-electron chi connectivity index (χ2n) is 3.58. The van der Waals surface area contributed by atoms with Crippen molar-refractivity contribution in [2.45, 2.75) is 6.42 Å². The third kappa shape index (κ3) is 3.16. The summed E-state index contributed by atoms with van der Waals surface area (Å²) in [6, 6.07) is 6.94. The van der Waals surface area contributed by atoms with Crippen LogP contribution in [0.15, 0.2) is 29.6 Å². The molecule has 0 aliphatic rings. The van der Waals surface area contributed by atoms with Gasteiger partial charge in [-0.25, -0.2) is 0 Å². The Balaban J connectivity index is 2.23. The normalized spacial score (nSPS) is 10.3. The number of nitrogens with one attached hydrogen (secondary N) is 1. The number of carboxylic acids is 1. The van der Waals surface area contributed by atoms with Gasteiger partial charge in [-0.3, -0.25) is 4.79 Å². The van der Waals surface area contributed by atoms with Gasteiger partial charge in [0, 0.05) is 9.90 Å². The van der Waals surface area contributed by atoms with Crippen LogP contribution >= 0.6 is 34.5 Å². The molecule has 0 bridgehead atoms. The molecule has 3 nitrogen and oxygen atoms in total. The highest BCUT2D eigenvalue weighted by atomic mass is 35.5. The molecule has 0 atom stereocenters. The van der Waals surface area contributed by atoms with Crippen LogP contribution in [0.3, 0.4) is 0 Å². The zero-order valence-electron chi connectivity index (χ0n) is 9.11. The van der Waals surface area contributed by atoms with Crippen LogP contribution in [0.25, 0.3) is 0 Å². The molecule has 1 aromatic heterocycles. The summed E-state index contributed by atoms with van der Waals surface area (Å²) in [4.78, 5) is 11.5. The van der Waals surface area contributed by atoms with Crippen LogP contribution in [0.4, 0.5) is 11.4 Å². The molecule has 0 spiro atoms. The lowest BCUT2D eigenvalue weighted by Crippen LogP contribution is -2.01. The van der Waals surface area contributed by atoms with Crippen LogP contribution in [0, 0.1) is 0 Å². The van der Waals surface area contributed by atoms with Gasteiger partial charge in [-0.2, -0.15) is 0 Å². The highest BCUT2D eigenvalue weighted by Gasteiger charge is 2.10. The van der Waals surface area contributed by atoms with E-state index in [1.807, 2.05) is 11.4 Å². The predicted octanol–water partition coefficient (Wildman–Crippen LogP) is 4.43. The molecule has 94 valence electrons. The maximum Gasteiger partial charge on any atom is 0.308 e. The number of hydrogen-bond donors (Lipinski definition) is 2. The average molecular weight is 302 g/mol. The highest BCUT2D eigenvalue weighted by molar-refractivity contribution is 7.10. The molecule has 2 rings (SSSR count). The molecule has 2 N–H and O–H groups in total. The SMILES string of the molecule is O=C(O)Cc1sccc1Nc1ccc(Cl)cc1Cl. The largest absolute Gasteiger partial charge is 0.481 e. The van der Waals surface area contributed by atoms with Gasteiger partial charge in [0.05, 0.1) is 22.8 Å². The third-order valence-electron chi connectivity index (χ3n) is 2.26. The van der Waals surface area contributed by atoms with Gasteiger partial charge < -0.3 is 10.4 Å². The van der Waals surface area contributed by atoms with E-state index < -0.39 is 5.97 Å². The molecular formula is C12H9Cl2NO2S. The van der Waals surface area contributed by atoms with Crippen LogP contribution in [0.5, 0.6) is 0 Å². The number of benzene rings is 1. The lowest BCUT2D eigenvalue weighted by atomic mass is 10.2. The fourth-order valence-electron chi connectivity index (χ4n) is 1.46. The first-order valence-electron chi connectivity index (χ1n) is 5.06. The van der Waals surface area contributed by atoms with Crippen LogP contribution < -0.4 is 5.32 Å². The summed E-state index contributed by atoms with van der Waals surface area (Å²) in [7, 11) is 0. The Bertz CT molecular complexity index is 583. The molecule has 0 aliphatic carbocycles. The Kier molecular flexibility index (Phi) is 4.11. The van der Waals surface area contributed by atoms with Gasteiger partial charge in [0.2, 0.25) is 0 Å². The van der Waals surface area contributed by atoms with Crippen molar-refractivity contribution in [1.82, 2.24) is 0 Å². The van der Waals surface area contributed by atoms with Crippen molar-refractivity contribution in [2.75, 3.05) is 5.32 Å². The van der Waals surface area contributed by atoms with Crippen molar-refractivity contribution < 1.29 is 9.90 Å². The standard InChI is InChI=1S/C12H9Cl2NO2S/c13-7-1-2-9(8(14)5-7)15-10-3-4-18-11(10)6-12(16)17/h1-5,15H,6H2,(H,16,17). The maximum atomic E-state index is 10.7. The van der Waals surface area contributed by atoms with Crippen molar-refractivity contribution in [3.8, 4) is 0 Å². The Morgan fingerprint density at radius 1 is 1.28 bits per heavy atom. The molecule has 0 saturated heterocycles. The molecule has 0 unspecified atom stereocenters. The lowest BCUT2D eigenvalue weighted by molar-refractivity contribution is -0.136. The second kappa shape index (κ2) is 5.61. The number of thiophene rings is 1. The van der Waals surface area contributed by atoms with Gasteiger partial charge >= 0.3 is 5.97 Å². The number of rotatable bonds is 4. The first-order chi connectivity index (χ1) is 8.56. The first-order valence-corrected chi connectivity index (χ1v) is 6.70. The van der Waals surface area contributed by atoms with Crippen molar-refractivity contribution in [1.29, 1.82) is 0 Å². The summed E-state index contributed by atoms with van der Waals surface area (Å²) < 4.78 is 0. The molecule has 1 aromatic carbocycles. The van der Waals surface area contributed by atoms with E-state index in [1.54, 1.807) is 18.2 Å². The van der Waals surface area contributed by atoms with Crippen LogP contribution in [0.1, 0.15) is 4.88 Å². The number of aliphatic carboxylic acids is 1. The van der Waals surface area contributed by atoms with E-state index in [9.17, 15) is 4.79 Å². The molecule has 2 aromatic rings. The van der Waals surface area contributed by atoms with Crippen molar-refractivity contribution >= 4 is 51.9 Å². The first kappa shape index (κ1) is 13.2. The molecule has 0 fully saturated rings. The average Bonchev–Trinajstić information content (AvgIpc) is 2.69. The fourth-order valence-corrected chi connectivity index (χ4v) is 2.74. The Labute approximate surface area is 118 Å². The molecule has 0 radical (unpaired) electrons. The van der Waals surface area contributed by atoms with Gasteiger partial charge in [-0.1, -0.05) is 23.2 Å². The summed E-state index contributed by atoms with van der Waals surface area (Å²) in [5.41, 5.74) is 1.46. The molecule has 0 amide bonds. The van der Waals surface area contributed by atoms with E-state index in [4.69, 9.17) is 28.3 Å². The summed E-state index contributed by atoms with van der Waals surface area (Å²) >= 11 is 13.2. The van der Waals surface area contributed by atoms with E-state index in [0.29, 0.717) is 15.7 Å². The molecule has 18 heavy (non-hydrogen) atoms. The quantitative estimate of drug-likeness (QED) is 0.878. The number of hydrogen-bond acceptors (Lipinski definition) is 3. The van der Waals surface area contributed by atoms with Crippen molar-refractivity contribution in [3.05, 3.63) is 44.6 Å². The minimum Gasteiger partial charge on any atom is -0.481 e. The van der Waals surface area contributed by atoms with E-state index in [0.717, 1.165) is 10.6 Å². The van der Waals surface area contributed by atoms with Gasteiger partial charge in [-0.15, -0.1) is 11.3 Å². The van der Waals surface area contributed by atoms with E-state index >= 15 is 0 Å². The summed E-state index contributed by atoms with van der Waals surface area (Å²) in [5, 5.41) is 14.8. The molecule has 1 heterocycles. The summed E-state index contributed by atoms with van der Waals surface area (Å²) in [6.45, 7) is 0. The number of carbonyl (C=O) groups is 1. The van der Waals surface area contributed by atoms with E-state index in [2.05, 4.69) is 5.32 Å². The van der Waals surface area contributed by atoms with Crippen molar-refractivity contribution in [3.63, 3.8) is 0 Å². The molecule has 6 heteroatoms. The Morgan fingerprint density at radius 3 is 2.72 bits per heavy atom. The van der Waals surface area contributed by atoms with Crippen LogP contribution in [-0.4, -0.2) is 11.1 Å². The van der Waals surface area contributed by atoms with E-state index in [-0.39, 0.29) is 6.42 Å². The second-order valence-corrected chi connectivity index (χ2v) is 5.42. The Morgan fingerprint density at radius 2 is 2.06 bits per heavy atom. The van der Waals surface area contributed by atoms with Crippen molar-refractivity contribution in [2.24, 2.45) is 0 Å². The molecule has 0 aliphatic heterocycles. The van der Waals surface area contributed by atoms with Gasteiger partial charge in [0.1, 0.15) is 0 Å². The summed E-state index contributed by atoms with van der Waals surface area (Å²) in [5.74, 6) is -0.859. The molecule has 0 saturated carbocycles. The lowest BCUT2D eigenvalue weighted by Gasteiger charge is -2.08. The third-order valence-corrected chi connectivity index (χ3v) is 3.73. The number of carboxylic acid groups (broad SMARTS) is 1. The highest BCUT2D eigenvalue weighted by Crippen LogP contribution is 2.31. The van der Waals surface area contributed by atoms with Gasteiger partial charge in [0.25, 0.3) is 0 Å². The topological polar surface area (TPSA) is 49.3 Å². The van der Waals surface area contributed by atoms with Gasteiger partial charge in [0.15, 0.2) is 0 Å². The van der Waals surface area contributed by atoms with Gasteiger partial charge in [-0.05, 0) is 29.6 Å². The molecular weight excluding hydrogens is 293 g/mol. The number of halogens is 2. The summed E-state index contributed by atoms with van der Waals surface area (Å²) in [6.07, 6.45) is -0.00872. The monoisotopic (exact) mass is 301 g/mol. The Hall–Kier alpha value is -1.23. The van der Waals surface area contributed by atoms with Crippen LogP contribution in [0.2, 0.25) is 10.0 Å². The van der Waals surface area contributed by atoms with E-state index in [1.165, 1.54) is 11.3 Å². The minimum absolute atomic E-state index is 0.00872. The fraction of sp³-hybridized carbons (Fsp3) is 0.0833. The maximum absolute atomic E-state index is 10.7. The smallest absolute Gasteiger partial charge is 0.308 e. The predicted molar refractivity (Wildman–Crippen MR) is 75.4 cm³/mol. The minimum atomic E-state index is -0.859. The zero-order chi connectivity index (χ0) is 13.1. The van der Waals surface area contributed by atoms with Crippen LogP contribution in [-0.2, 0) is 11.2 Å². The zero-order valence-corrected chi connectivity index (χ0v) is 11.4.